The van der Waals surface area contributed by atoms with Gasteiger partial charge in [-0.15, -0.1) is 0 Å². The Balaban J connectivity index is 1.62. The van der Waals surface area contributed by atoms with Crippen molar-refractivity contribution in [3.63, 3.8) is 0 Å². The average Bonchev–Trinajstić information content (AvgIpc) is 3.37. The lowest BCUT2D eigenvalue weighted by molar-refractivity contribution is -0.120. The summed E-state index contributed by atoms with van der Waals surface area (Å²) < 4.78 is 5.57. The summed E-state index contributed by atoms with van der Waals surface area (Å²) in [5, 5.41) is 12.8. The lowest BCUT2D eigenvalue weighted by atomic mass is 9.91. The van der Waals surface area contributed by atoms with Gasteiger partial charge >= 0.3 is 12.1 Å². The number of ether oxygens (including phenoxy) is 1. The van der Waals surface area contributed by atoms with Gasteiger partial charge < -0.3 is 20.1 Å². The molecule has 0 bridgehead atoms. The fourth-order valence-electron chi connectivity index (χ4n) is 4.23. The van der Waals surface area contributed by atoms with Crippen LogP contribution in [0.2, 0.25) is 0 Å². The number of amides is 2. The van der Waals surface area contributed by atoms with Crippen molar-refractivity contribution in [1.29, 1.82) is 0 Å². The van der Waals surface area contributed by atoms with Gasteiger partial charge in [0.1, 0.15) is 17.3 Å². The van der Waals surface area contributed by atoms with Gasteiger partial charge in [-0.25, -0.2) is 9.59 Å². The predicted molar refractivity (Wildman–Crippen MR) is 124 cm³/mol. The van der Waals surface area contributed by atoms with Crippen molar-refractivity contribution in [2.75, 3.05) is 11.9 Å². The lowest BCUT2D eigenvalue weighted by Gasteiger charge is -2.30. The Labute approximate surface area is 191 Å². The van der Waals surface area contributed by atoms with Crippen molar-refractivity contribution in [2.45, 2.75) is 44.8 Å². The molecule has 172 valence electrons. The number of aromatic amines is 1. The van der Waals surface area contributed by atoms with E-state index in [1.807, 2.05) is 30.3 Å². The molecule has 3 N–H and O–H groups in total. The molecule has 33 heavy (non-hydrogen) atoms. The number of nitrogens with zero attached hydrogens (tertiary/aromatic N) is 1. The summed E-state index contributed by atoms with van der Waals surface area (Å²) in [6.45, 7) is 5.79. The summed E-state index contributed by atoms with van der Waals surface area (Å²) in [5.74, 6) is -1.55. The molecule has 1 fully saturated rings. The van der Waals surface area contributed by atoms with Crippen molar-refractivity contribution >= 4 is 34.6 Å². The number of H-pyrrole nitrogens is 1. The summed E-state index contributed by atoms with van der Waals surface area (Å²) >= 11 is 0. The Morgan fingerprint density at radius 1 is 1.09 bits per heavy atom. The maximum atomic E-state index is 13.5. The van der Waals surface area contributed by atoms with E-state index in [2.05, 4.69) is 10.3 Å². The number of aromatic nitrogens is 1. The molecular weight excluding hydrogens is 422 g/mol. The van der Waals surface area contributed by atoms with Crippen molar-refractivity contribution in [3.05, 3.63) is 65.9 Å². The molecule has 1 saturated heterocycles. The number of hydrogen-bond acceptors (Lipinski definition) is 4. The fraction of sp³-hybridized carbons (Fsp3) is 0.320. The van der Waals surface area contributed by atoms with E-state index in [9.17, 15) is 19.5 Å². The molecule has 8 heteroatoms. The maximum absolute atomic E-state index is 13.5. The van der Waals surface area contributed by atoms with E-state index >= 15 is 0 Å². The molecule has 2 atom stereocenters. The third kappa shape index (κ3) is 4.84. The molecule has 2 aromatic carbocycles. The lowest BCUT2D eigenvalue weighted by Crippen LogP contribution is -2.47. The first-order chi connectivity index (χ1) is 15.6. The Kier molecular flexibility index (Phi) is 5.84. The van der Waals surface area contributed by atoms with E-state index in [1.165, 1.54) is 11.0 Å². The summed E-state index contributed by atoms with van der Waals surface area (Å²) in [6, 6.07) is 15.6. The number of rotatable bonds is 4. The number of carbonyl (C=O) groups excluding carboxylic acids is 2. The van der Waals surface area contributed by atoms with Gasteiger partial charge in [0.2, 0.25) is 5.91 Å². The zero-order valence-corrected chi connectivity index (χ0v) is 18.8. The zero-order valence-electron chi connectivity index (χ0n) is 18.8. The van der Waals surface area contributed by atoms with Gasteiger partial charge in [0, 0.05) is 29.1 Å². The largest absolute Gasteiger partial charge is 0.477 e. The predicted octanol–water partition coefficient (Wildman–Crippen LogP) is 4.60. The number of benzene rings is 2. The first-order valence-electron chi connectivity index (χ1n) is 10.8. The standard InChI is InChI=1S/C25H27N3O5/c1-25(2,3)33-24(32)28-12-11-18(15-7-5-4-6-8-15)21(28)22(29)26-17-9-10-19-16(13-17)14-20(27-19)23(30)31/h4-10,13-14,18,21,27H,11-12H2,1-3H3,(H,26,29)(H,30,31)/t18-,21-/m0/s1. The topological polar surface area (TPSA) is 112 Å². The molecular formula is C25H27N3O5. The number of carbonyl (C=O) groups is 3. The molecule has 0 saturated carbocycles. The number of hydrogen-bond donors (Lipinski definition) is 3. The average molecular weight is 450 g/mol. The van der Waals surface area contributed by atoms with E-state index in [1.54, 1.807) is 39.0 Å². The molecule has 8 nitrogen and oxygen atoms in total. The van der Waals surface area contributed by atoms with Gasteiger partial charge in [-0.1, -0.05) is 30.3 Å². The highest BCUT2D eigenvalue weighted by atomic mass is 16.6. The van der Waals surface area contributed by atoms with Gasteiger partial charge in [-0.2, -0.15) is 0 Å². The van der Waals surface area contributed by atoms with Crippen LogP contribution in [0.25, 0.3) is 10.9 Å². The molecule has 0 radical (unpaired) electrons. The van der Waals surface area contributed by atoms with E-state index in [0.717, 1.165) is 5.56 Å². The number of fused-ring (bicyclic) bond motifs is 1. The van der Waals surface area contributed by atoms with E-state index in [-0.39, 0.29) is 17.5 Å². The van der Waals surface area contributed by atoms with Crippen molar-refractivity contribution in [2.24, 2.45) is 0 Å². The number of anilines is 1. The van der Waals surface area contributed by atoms with Crippen LogP contribution in [0.5, 0.6) is 0 Å². The zero-order chi connectivity index (χ0) is 23.8. The highest BCUT2D eigenvalue weighted by molar-refractivity contribution is 6.00. The first-order valence-corrected chi connectivity index (χ1v) is 10.8. The van der Waals surface area contributed by atoms with Crippen LogP contribution in [-0.4, -0.2) is 51.1 Å². The number of likely N-dealkylation sites (tertiary alicyclic amines) is 1. The van der Waals surface area contributed by atoms with Crippen LogP contribution in [0.1, 0.15) is 49.2 Å². The molecule has 2 amide bonds. The summed E-state index contributed by atoms with van der Waals surface area (Å²) in [4.78, 5) is 41.9. The van der Waals surface area contributed by atoms with Crippen molar-refractivity contribution in [1.82, 2.24) is 9.88 Å². The van der Waals surface area contributed by atoms with Crippen molar-refractivity contribution in [3.8, 4) is 0 Å². The minimum Gasteiger partial charge on any atom is -0.477 e. The van der Waals surface area contributed by atoms with Crippen molar-refractivity contribution < 1.29 is 24.2 Å². The molecule has 1 aliphatic heterocycles. The van der Waals surface area contributed by atoms with Gasteiger partial charge in [0.05, 0.1) is 0 Å². The highest BCUT2D eigenvalue weighted by Gasteiger charge is 2.44. The Bertz CT molecular complexity index is 1200. The molecule has 1 aliphatic rings. The Hall–Kier alpha value is -3.81. The van der Waals surface area contributed by atoms with Crippen LogP contribution in [0, 0.1) is 0 Å². The summed E-state index contributed by atoms with van der Waals surface area (Å²) in [7, 11) is 0. The smallest absolute Gasteiger partial charge is 0.410 e. The van der Waals surface area contributed by atoms with Crippen LogP contribution in [0.4, 0.5) is 10.5 Å². The van der Waals surface area contributed by atoms with Crippen LogP contribution >= 0.6 is 0 Å². The number of carboxylic acids is 1. The highest BCUT2D eigenvalue weighted by Crippen LogP contribution is 2.35. The molecule has 0 aliphatic carbocycles. The fourth-order valence-corrected chi connectivity index (χ4v) is 4.23. The minimum atomic E-state index is -1.05. The molecule has 0 unspecified atom stereocenters. The molecule has 4 rings (SSSR count). The van der Waals surface area contributed by atoms with Crippen LogP contribution < -0.4 is 5.32 Å². The third-order valence-corrected chi connectivity index (χ3v) is 5.64. The van der Waals surface area contributed by atoms with Gasteiger partial charge in [-0.05, 0) is 57.0 Å². The molecule has 3 aromatic rings. The monoisotopic (exact) mass is 449 g/mol. The van der Waals surface area contributed by atoms with E-state index in [4.69, 9.17) is 4.74 Å². The maximum Gasteiger partial charge on any atom is 0.410 e. The minimum absolute atomic E-state index is 0.0736. The van der Waals surface area contributed by atoms with Crippen LogP contribution in [0.3, 0.4) is 0 Å². The SMILES string of the molecule is CC(C)(C)OC(=O)N1CC[C@@H](c2ccccc2)[C@H]1C(=O)Nc1ccc2[nH]c(C(=O)O)cc2c1. The summed E-state index contributed by atoms with van der Waals surface area (Å²) in [5.41, 5.74) is 1.56. The van der Waals surface area contributed by atoms with E-state index in [0.29, 0.717) is 29.6 Å². The number of carboxylic acid groups (broad SMARTS) is 1. The van der Waals surface area contributed by atoms with E-state index < -0.39 is 23.7 Å². The number of nitrogens with one attached hydrogen (secondary N) is 2. The Morgan fingerprint density at radius 2 is 1.82 bits per heavy atom. The van der Waals surface area contributed by atoms with Crippen LogP contribution in [0.15, 0.2) is 54.6 Å². The van der Waals surface area contributed by atoms with Crippen LogP contribution in [-0.2, 0) is 9.53 Å². The second-order valence-corrected chi connectivity index (χ2v) is 9.20. The molecule has 0 spiro atoms. The van der Waals surface area contributed by atoms with Gasteiger partial charge in [0.15, 0.2) is 0 Å². The third-order valence-electron chi connectivity index (χ3n) is 5.64. The quantitative estimate of drug-likeness (QED) is 0.539. The second kappa shape index (κ2) is 8.61. The second-order valence-electron chi connectivity index (χ2n) is 9.20. The normalized spacial score (nSPS) is 18.3. The number of aromatic carboxylic acids is 1. The molecule has 2 heterocycles. The first kappa shape index (κ1) is 22.4. The summed E-state index contributed by atoms with van der Waals surface area (Å²) in [6.07, 6.45) is 0.119. The molecule has 1 aromatic heterocycles. The van der Waals surface area contributed by atoms with Gasteiger partial charge in [-0.3, -0.25) is 9.69 Å². The van der Waals surface area contributed by atoms with Gasteiger partial charge in [0.25, 0.3) is 0 Å². The Morgan fingerprint density at radius 3 is 2.48 bits per heavy atom.